The molecule has 1 saturated heterocycles. The Hall–Kier alpha value is -2.29. The van der Waals surface area contributed by atoms with Gasteiger partial charge in [-0.15, -0.1) is 22.7 Å². The fourth-order valence-corrected chi connectivity index (χ4v) is 4.77. The van der Waals surface area contributed by atoms with Crippen molar-refractivity contribution in [2.45, 2.75) is 6.92 Å². The van der Waals surface area contributed by atoms with E-state index in [9.17, 15) is 9.59 Å². The highest BCUT2D eigenvalue weighted by molar-refractivity contribution is 7.20. The molecule has 2 aromatic heterocycles. The maximum Gasteiger partial charge on any atom is 0.285 e. The molecule has 4 rings (SSSR count). The quantitative estimate of drug-likeness (QED) is 0.729. The lowest BCUT2D eigenvalue weighted by Crippen LogP contribution is -2.48. The summed E-state index contributed by atoms with van der Waals surface area (Å²) in [7, 11) is 0. The summed E-state index contributed by atoms with van der Waals surface area (Å²) in [6, 6.07) is 9.44. The lowest BCUT2D eigenvalue weighted by atomic mass is 10.2. The van der Waals surface area contributed by atoms with E-state index < -0.39 is 0 Å². The van der Waals surface area contributed by atoms with E-state index in [2.05, 4.69) is 22.1 Å². The SMILES string of the molecule is CCN1CCN(C(=O)c2ccsc2NC(=O)c2nc3ccccc3s2)CC1. The van der Waals surface area contributed by atoms with Crippen molar-refractivity contribution in [2.75, 3.05) is 38.0 Å². The van der Waals surface area contributed by atoms with E-state index in [1.807, 2.05) is 34.5 Å². The average molecular weight is 401 g/mol. The van der Waals surface area contributed by atoms with Crippen LogP contribution in [0.2, 0.25) is 0 Å². The number of likely N-dealkylation sites (N-methyl/N-ethyl adjacent to an activating group) is 1. The molecule has 1 aliphatic rings. The van der Waals surface area contributed by atoms with Gasteiger partial charge in [0, 0.05) is 26.2 Å². The zero-order valence-corrected chi connectivity index (χ0v) is 16.6. The van der Waals surface area contributed by atoms with Gasteiger partial charge in [0.05, 0.1) is 15.8 Å². The molecule has 8 heteroatoms. The summed E-state index contributed by atoms with van der Waals surface area (Å²) in [5.74, 6) is -0.296. The Morgan fingerprint density at radius 3 is 2.67 bits per heavy atom. The van der Waals surface area contributed by atoms with E-state index >= 15 is 0 Å². The number of fused-ring (bicyclic) bond motifs is 1. The molecule has 0 atom stereocenters. The number of hydrogen-bond donors (Lipinski definition) is 1. The van der Waals surface area contributed by atoms with Gasteiger partial charge in [-0.05, 0) is 30.1 Å². The Morgan fingerprint density at radius 1 is 1.15 bits per heavy atom. The Labute approximate surface area is 165 Å². The maximum atomic E-state index is 12.9. The van der Waals surface area contributed by atoms with Crippen LogP contribution < -0.4 is 5.32 Å². The molecule has 1 N–H and O–H groups in total. The number of carbonyl (C=O) groups excluding carboxylic acids is 2. The molecule has 27 heavy (non-hydrogen) atoms. The molecule has 1 aromatic carbocycles. The minimum Gasteiger partial charge on any atom is -0.336 e. The number of nitrogens with one attached hydrogen (secondary N) is 1. The topological polar surface area (TPSA) is 65.5 Å². The summed E-state index contributed by atoms with van der Waals surface area (Å²) in [6.45, 7) is 6.34. The number of rotatable bonds is 4. The minimum absolute atomic E-state index is 0.0217. The first-order valence-corrected chi connectivity index (χ1v) is 10.6. The molecule has 0 unspecified atom stereocenters. The molecule has 0 saturated carbocycles. The van der Waals surface area contributed by atoms with Gasteiger partial charge < -0.3 is 15.1 Å². The fourth-order valence-electron chi connectivity index (χ4n) is 3.14. The third kappa shape index (κ3) is 3.73. The molecule has 1 fully saturated rings. The number of thiophene rings is 1. The predicted octanol–water partition coefficient (Wildman–Crippen LogP) is 3.39. The van der Waals surface area contributed by atoms with E-state index in [1.165, 1.54) is 22.7 Å². The van der Waals surface area contributed by atoms with Crippen LogP contribution in [0.4, 0.5) is 5.00 Å². The van der Waals surface area contributed by atoms with E-state index in [1.54, 1.807) is 6.07 Å². The van der Waals surface area contributed by atoms with E-state index in [-0.39, 0.29) is 11.8 Å². The van der Waals surface area contributed by atoms with Crippen LogP contribution in [-0.4, -0.2) is 59.3 Å². The standard InChI is InChI=1S/C19H20N4O2S2/c1-2-22-8-10-23(11-9-22)19(25)13-7-12-26-17(13)21-16(24)18-20-14-5-3-4-6-15(14)27-18/h3-7,12H,2,8-11H2,1H3,(H,21,24). The van der Waals surface area contributed by atoms with Crippen molar-refractivity contribution in [3.05, 3.63) is 46.3 Å². The molecule has 3 heterocycles. The second kappa shape index (κ2) is 7.75. The molecule has 0 spiro atoms. The fraction of sp³-hybridized carbons (Fsp3) is 0.316. The van der Waals surface area contributed by atoms with Crippen LogP contribution in [0.25, 0.3) is 10.2 Å². The Bertz CT molecular complexity index is 940. The molecule has 0 radical (unpaired) electrons. The average Bonchev–Trinajstić information content (AvgIpc) is 3.34. The van der Waals surface area contributed by atoms with Gasteiger partial charge in [-0.3, -0.25) is 9.59 Å². The van der Waals surface area contributed by atoms with E-state index in [0.29, 0.717) is 28.7 Å². The van der Waals surface area contributed by atoms with Crippen molar-refractivity contribution in [1.29, 1.82) is 0 Å². The minimum atomic E-state index is -0.275. The number of piperazine rings is 1. The van der Waals surface area contributed by atoms with Crippen LogP contribution >= 0.6 is 22.7 Å². The van der Waals surface area contributed by atoms with Crippen LogP contribution in [0.5, 0.6) is 0 Å². The van der Waals surface area contributed by atoms with E-state index in [4.69, 9.17) is 0 Å². The van der Waals surface area contributed by atoms with Crippen LogP contribution in [0.15, 0.2) is 35.7 Å². The van der Waals surface area contributed by atoms with Crippen molar-refractivity contribution >= 4 is 49.7 Å². The molecule has 2 amide bonds. The summed E-state index contributed by atoms with van der Waals surface area (Å²) in [6.07, 6.45) is 0. The monoisotopic (exact) mass is 400 g/mol. The first kappa shape index (κ1) is 18.1. The molecule has 3 aromatic rings. The van der Waals surface area contributed by atoms with Crippen molar-refractivity contribution < 1.29 is 9.59 Å². The molecular formula is C19H20N4O2S2. The van der Waals surface area contributed by atoms with Gasteiger partial charge in [0.1, 0.15) is 5.00 Å². The number of hydrogen-bond acceptors (Lipinski definition) is 6. The van der Waals surface area contributed by atoms with Crippen molar-refractivity contribution in [2.24, 2.45) is 0 Å². The van der Waals surface area contributed by atoms with Crippen molar-refractivity contribution in [3.8, 4) is 0 Å². The lowest BCUT2D eigenvalue weighted by Gasteiger charge is -2.34. The number of carbonyl (C=O) groups is 2. The highest BCUT2D eigenvalue weighted by Gasteiger charge is 2.25. The molecule has 0 aliphatic carbocycles. The normalized spacial score (nSPS) is 15.2. The van der Waals surface area contributed by atoms with Crippen molar-refractivity contribution in [3.63, 3.8) is 0 Å². The smallest absolute Gasteiger partial charge is 0.285 e. The number of aromatic nitrogens is 1. The lowest BCUT2D eigenvalue weighted by molar-refractivity contribution is 0.0645. The van der Waals surface area contributed by atoms with Crippen LogP contribution in [0.3, 0.4) is 0 Å². The first-order chi connectivity index (χ1) is 13.2. The molecule has 6 nitrogen and oxygen atoms in total. The van der Waals surface area contributed by atoms with Gasteiger partial charge in [0.15, 0.2) is 5.01 Å². The number of amides is 2. The molecule has 1 aliphatic heterocycles. The van der Waals surface area contributed by atoms with Crippen molar-refractivity contribution in [1.82, 2.24) is 14.8 Å². The van der Waals surface area contributed by atoms with Crippen LogP contribution in [0.1, 0.15) is 27.1 Å². The summed E-state index contributed by atoms with van der Waals surface area (Å²) in [5.41, 5.74) is 1.36. The Balaban J connectivity index is 1.48. The Kier molecular flexibility index (Phi) is 5.20. The van der Waals surface area contributed by atoms with Gasteiger partial charge in [-0.25, -0.2) is 4.98 Å². The van der Waals surface area contributed by atoms with Gasteiger partial charge in [-0.1, -0.05) is 19.1 Å². The number of para-hydroxylation sites is 1. The van der Waals surface area contributed by atoms with E-state index in [0.717, 1.165) is 29.9 Å². The summed E-state index contributed by atoms with van der Waals surface area (Å²) >= 11 is 2.72. The summed E-state index contributed by atoms with van der Waals surface area (Å²) in [5, 5.41) is 5.70. The zero-order valence-electron chi connectivity index (χ0n) is 15.0. The third-order valence-electron chi connectivity index (χ3n) is 4.72. The number of thiazole rings is 1. The summed E-state index contributed by atoms with van der Waals surface area (Å²) in [4.78, 5) is 34.1. The second-order valence-corrected chi connectivity index (χ2v) is 8.28. The third-order valence-corrected chi connectivity index (χ3v) is 6.58. The summed E-state index contributed by atoms with van der Waals surface area (Å²) < 4.78 is 0.971. The highest BCUT2D eigenvalue weighted by atomic mass is 32.1. The molecule has 140 valence electrons. The number of anilines is 1. The van der Waals surface area contributed by atoms with Crippen LogP contribution in [-0.2, 0) is 0 Å². The number of nitrogens with zero attached hydrogens (tertiary/aromatic N) is 3. The van der Waals surface area contributed by atoms with Gasteiger partial charge in [-0.2, -0.15) is 0 Å². The molecular weight excluding hydrogens is 380 g/mol. The first-order valence-electron chi connectivity index (χ1n) is 8.91. The predicted molar refractivity (Wildman–Crippen MR) is 110 cm³/mol. The van der Waals surface area contributed by atoms with Crippen LogP contribution in [0, 0.1) is 0 Å². The van der Waals surface area contributed by atoms with Gasteiger partial charge in [0.25, 0.3) is 11.8 Å². The second-order valence-electron chi connectivity index (χ2n) is 6.33. The highest BCUT2D eigenvalue weighted by Crippen LogP contribution is 2.27. The maximum absolute atomic E-state index is 12.9. The Morgan fingerprint density at radius 2 is 1.93 bits per heavy atom. The largest absolute Gasteiger partial charge is 0.336 e. The zero-order chi connectivity index (χ0) is 18.8. The molecule has 0 bridgehead atoms. The number of benzene rings is 1. The van der Waals surface area contributed by atoms with Gasteiger partial charge >= 0.3 is 0 Å². The van der Waals surface area contributed by atoms with Gasteiger partial charge in [0.2, 0.25) is 0 Å².